The number of amides is 2. The first-order chi connectivity index (χ1) is 15.0. The zero-order valence-electron chi connectivity index (χ0n) is 17.1. The minimum atomic E-state index is -0.900. The van der Waals surface area contributed by atoms with Gasteiger partial charge in [-0.15, -0.1) is 11.6 Å². The van der Waals surface area contributed by atoms with Crippen LogP contribution in [0.4, 0.5) is 5.69 Å². The summed E-state index contributed by atoms with van der Waals surface area (Å²) in [7, 11) is 0. The molecule has 1 aliphatic rings. The lowest BCUT2D eigenvalue weighted by molar-refractivity contribution is -0.125. The van der Waals surface area contributed by atoms with Gasteiger partial charge in [0, 0.05) is 21.8 Å². The lowest BCUT2D eigenvalue weighted by atomic mass is 9.95. The zero-order chi connectivity index (χ0) is 22.2. The van der Waals surface area contributed by atoms with E-state index in [-0.39, 0.29) is 17.8 Å². The molecule has 0 radical (unpaired) electrons. The number of carbonyl (C=O) groups excluding carboxylic acids is 2. The summed E-state index contributed by atoms with van der Waals surface area (Å²) in [5, 5.41) is 3.86. The highest BCUT2D eigenvalue weighted by molar-refractivity contribution is 6.35. The smallest absolute Gasteiger partial charge is 0.247 e. The first-order valence-corrected chi connectivity index (χ1v) is 11.6. The Morgan fingerprint density at radius 3 is 2.29 bits per heavy atom. The zero-order valence-corrected chi connectivity index (χ0v) is 19.3. The summed E-state index contributed by atoms with van der Waals surface area (Å²) < 4.78 is 0. The molecular weight excluding hydrogens is 455 g/mol. The van der Waals surface area contributed by atoms with Gasteiger partial charge in [0.05, 0.1) is 0 Å². The van der Waals surface area contributed by atoms with E-state index in [1.165, 1.54) is 11.3 Å². The van der Waals surface area contributed by atoms with Gasteiger partial charge in [0.2, 0.25) is 11.8 Å². The summed E-state index contributed by atoms with van der Waals surface area (Å²) in [5.41, 5.74) is 1.34. The van der Waals surface area contributed by atoms with Crippen LogP contribution in [0.3, 0.4) is 0 Å². The second-order valence-electron chi connectivity index (χ2n) is 7.58. The first kappa shape index (κ1) is 23.6. The summed E-state index contributed by atoms with van der Waals surface area (Å²) in [6.45, 7) is 0. The van der Waals surface area contributed by atoms with Crippen LogP contribution in [0.5, 0.6) is 0 Å². The fourth-order valence-corrected chi connectivity index (χ4v) is 4.44. The third kappa shape index (κ3) is 6.73. The Bertz CT molecular complexity index is 907. The number of carbonyl (C=O) groups is 2. The quantitative estimate of drug-likeness (QED) is 0.488. The van der Waals surface area contributed by atoms with Crippen molar-refractivity contribution in [2.24, 2.45) is 0 Å². The van der Waals surface area contributed by atoms with E-state index in [0.717, 1.165) is 31.2 Å². The van der Waals surface area contributed by atoms with Crippen molar-refractivity contribution >= 4 is 58.4 Å². The van der Waals surface area contributed by atoms with Gasteiger partial charge in [-0.3, -0.25) is 14.5 Å². The van der Waals surface area contributed by atoms with Gasteiger partial charge in [-0.25, -0.2) is 0 Å². The van der Waals surface area contributed by atoms with E-state index in [4.69, 9.17) is 34.8 Å². The van der Waals surface area contributed by atoms with Crippen LogP contribution in [0.2, 0.25) is 10.0 Å². The molecule has 1 atom stereocenters. The fraction of sp³-hybridized carbons (Fsp3) is 0.333. The Kier molecular flexibility index (Phi) is 8.82. The molecule has 2 amide bonds. The molecule has 2 aromatic rings. The molecule has 3 rings (SSSR count). The van der Waals surface area contributed by atoms with E-state index in [1.807, 2.05) is 36.4 Å². The van der Waals surface area contributed by atoms with Crippen molar-refractivity contribution in [1.82, 2.24) is 5.32 Å². The van der Waals surface area contributed by atoms with Crippen LogP contribution >= 0.6 is 34.8 Å². The van der Waals surface area contributed by atoms with Gasteiger partial charge in [0.1, 0.15) is 11.9 Å². The molecule has 0 heterocycles. The van der Waals surface area contributed by atoms with Gasteiger partial charge in [-0.05, 0) is 36.6 Å². The number of hydrogen-bond acceptors (Lipinski definition) is 2. The number of anilines is 1. The van der Waals surface area contributed by atoms with Crippen molar-refractivity contribution in [3.05, 3.63) is 70.2 Å². The molecule has 0 saturated heterocycles. The minimum Gasteiger partial charge on any atom is -0.351 e. The van der Waals surface area contributed by atoms with Crippen molar-refractivity contribution in [3.63, 3.8) is 0 Å². The fourth-order valence-electron chi connectivity index (χ4n) is 3.79. The number of hydrogen-bond donors (Lipinski definition) is 1. The van der Waals surface area contributed by atoms with Crippen LogP contribution in [0, 0.1) is 0 Å². The van der Waals surface area contributed by atoms with Crippen LogP contribution in [0.25, 0.3) is 6.08 Å². The van der Waals surface area contributed by atoms with Crippen LogP contribution in [0.1, 0.15) is 37.7 Å². The second kappa shape index (κ2) is 11.6. The third-order valence-corrected chi connectivity index (χ3v) is 5.94. The highest BCUT2D eigenvalue weighted by Gasteiger charge is 2.31. The highest BCUT2D eigenvalue weighted by atomic mass is 35.5. The Morgan fingerprint density at radius 2 is 1.68 bits per heavy atom. The maximum Gasteiger partial charge on any atom is 0.247 e. The number of rotatable bonds is 7. The highest BCUT2D eigenvalue weighted by Crippen LogP contribution is 2.28. The summed E-state index contributed by atoms with van der Waals surface area (Å²) in [6.07, 6.45) is 8.77. The molecule has 164 valence electrons. The lowest BCUT2D eigenvalue weighted by Gasteiger charge is -2.31. The standard InChI is InChI=1S/C24H25Cl3N2O2/c25-16-23(30)29(21-14-18(26)13-19(27)15-21)22(12-11-17-7-3-1-4-8-17)24(31)28-20-9-5-2-6-10-20/h1,3-4,7-8,11-15,20,22H,2,5-6,9-10,16H2,(H,28,31)/b12-11+. The van der Waals surface area contributed by atoms with E-state index >= 15 is 0 Å². The normalized spacial score (nSPS) is 15.6. The molecule has 1 unspecified atom stereocenters. The molecule has 1 fully saturated rings. The number of nitrogens with zero attached hydrogens (tertiary/aromatic N) is 1. The van der Waals surface area contributed by atoms with E-state index in [9.17, 15) is 9.59 Å². The second-order valence-corrected chi connectivity index (χ2v) is 8.72. The van der Waals surface area contributed by atoms with Gasteiger partial charge in [-0.1, -0.05) is 84.9 Å². The van der Waals surface area contributed by atoms with E-state index in [1.54, 1.807) is 24.3 Å². The molecule has 1 N–H and O–H groups in total. The number of nitrogens with one attached hydrogen (secondary N) is 1. The number of alkyl halides is 1. The molecule has 0 aromatic heterocycles. The van der Waals surface area contributed by atoms with E-state index < -0.39 is 11.9 Å². The van der Waals surface area contributed by atoms with Crippen molar-refractivity contribution in [2.45, 2.75) is 44.2 Å². The summed E-state index contributed by atoms with van der Waals surface area (Å²) >= 11 is 18.3. The van der Waals surface area contributed by atoms with Crippen LogP contribution < -0.4 is 10.2 Å². The molecule has 4 nitrogen and oxygen atoms in total. The van der Waals surface area contributed by atoms with Gasteiger partial charge >= 0.3 is 0 Å². The van der Waals surface area contributed by atoms with Gasteiger partial charge < -0.3 is 5.32 Å². The van der Waals surface area contributed by atoms with Crippen LogP contribution in [-0.2, 0) is 9.59 Å². The average Bonchev–Trinajstić information content (AvgIpc) is 2.76. The molecule has 0 spiro atoms. The monoisotopic (exact) mass is 478 g/mol. The SMILES string of the molecule is O=C(NC1CCCCC1)C(/C=C/c1ccccc1)N(C(=O)CCl)c1cc(Cl)cc(Cl)c1. The van der Waals surface area contributed by atoms with Crippen molar-refractivity contribution in [2.75, 3.05) is 10.8 Å². The maximum absolute atomic E-state index is 13.4. The summed E-state index contributed by atoms with van der Waals surface area (Å²) in [5.74, 6) is -0.952. The molecule has 1 aliphatic carbocycles. The maximum atomic E-state index is 13.4. The van der Waals surface area contributed by atoms with E-state index in [2.05, 4.69) is 5.32 Å². The third-order valence-electron chi connectivity index (χ3n) is 5.28. The first-order valence-electron chi connectivity index (χ1n) is 10.4. The largest absolute Gasteiger partial charge is 0.351 e. The Labute approximate surface area is 198 Å². The molecule has 31 heavy (non-hydrogen) atoms. The average molecular weight is 480 g/mol. The van der Waals surface area contributed by atoms with Crippen LogP contribution in [-0.4, -0.2) is 29.8 Å². The molecule has 1 saturated carbocycles. The molecule has 7 heteroatoms. The van der Waals surface area contributed by atoms with Crippen molar-refractivity contribution < 1.29 is 9.59 Å². The van der Waals surface area contributed by atoms with Gasteiger partial charge in [-0.2, -0.15) is 0 Å². The molecule has 2 aromatic carbocycles. The minimum absolute atomic E-state index is 0.102. The predicted molar refractivity (Wildman–Crippen MR) is 129 cm³/mol. The molecule has 0 aliphatic heterocycles. The summed E-state index contributed by atoms with van der Waals surface area (Å²) in [6, 6.07) is 13.6. The number of halogens is 3. The molecule has 0 bridgehead atoms. The van der Waals surface area contributed by atoms with Crippen LogP contribution in [0.15, 0.2) is 54.6 Å². The number of benzene rings is 2. The van der Waals surface area contributed by atoms with E-state index in [0.29, 0.717) is 15.7 Å². The Hall–Kier alpha value is -2.01. The topological polar surface area (TPSA) is 49.4 Å². The Balaban J connectivity index is 1.98. The van der Waals surface area contributed by atoms with Gasteiger partial charge in [0.25, 0.3) is 0 Å². The lowest BCUT2D eigenvalue weighted by Crippen LogP contribution is -2.52. The Morgan fingerprint density at radius 1 is 1.03 bits per heavy atom. The summed E-state index contributed by atoms with van der Waals surface area (Å²) in [4.78, 5) is 27.6. The van der Waals surface area contributed by atoms with Crippen molar-refractivity contribution in [1.29, 1.82) is 0 Å². The predicted octanol–water partition coefficient (Wildman–Crippen LogP) is 6.10. The van der Waals surface area contributed by atoms with Crippen molar-refractivity contribution in [3.8, 4) is 0 Å². The van der Waals surface area contributed by atoms with Gasteiger partial charge in [0.15, 0.2) is 0 Å². The molecular formula is C24H25Cl3N2O2.